The summed E-state index contributed by atoms with van der Waals surface area (Å²) in [7, 11) is -3.09. The van der Waals surface area contributed by atoms with Gasteiger partial charge in [-0.25, -0.2) is 13.4 Å². The van der Waals surface area contributed by atoms with Gasteiger partial charge in [0.05, 0.1) is 12.6 Å². The molecule has 2 aliphatic heterocycles. The van der Waals surface area contributed by atoms with Crippen molar-refractivity contribution in [2.24, 2.45) is 5.92 Å². The second kappa shape index (κ2) is 6.06. The molecule has 2 fully saturated rings. The molecule has 1 aromatic heterocycles. The number of sulfonamides is 1. The third-order valence-corrected chi connectivity index (χ3v) is 6.03. The summed E-state index contributed by atoms with van der Waals surface area (Å²) in [6.07, 6.45) is 9.11. The smallest absolute Gasteiger partial charge is 0.211 e. The van der Waals surface area contributed by atoms with E-state index in [9.17, 15) is 8.42 Å². The lowest BCUT2D eigenvalue weighted by molar-refractivity contribution is 0.0991. The predicted octanol–water partition coefficient (Wildman–Crippen LogP) is 1.05. The second-order valence-corrected chi connectivity index (χ2v) is 8.23. The van der Waals surface area contributed by atoms with Gasteiger partial charge in [0.15, 0.2) is 0 Å². The summed E-state index contributed by atoms with van der Waals surface area (Å²) < 4.78 is 25.8. The fourth-order valence-corrected chi connectivity index (χ4v) is 5.00. The molecule has 0 radical (unpaired) electrons. The van der Waals surface area contributed by atoms with E-state index >= 15 is 0 Å². The molecule has 0 unspecified atom stereocenters. The Labute approximate surface area is 126 Å². The summed E-state index contributed by atoms with van der Waals surface area (Å²) in [5, 5.41) is 0. The summed E-state index contributed by atoms with van der Waals surface area (Å²) in [5.74, 6) is 0.457. The maximum atomic E-state index is 12.0. The van der Waals surface area contributed by atoms with Gasteiger partial charge >= 0.3 is 0 Å². The minimum absolute atomic E-state index is 0.195. The molecule has 3 rings (SSSR count). The summed E-state index contributed by atoms with van der Waals surface area (Å²) in [6, 6.07) is 0.195. The highest BCUT2D eigenvalue weighted by molar-refractivity contribution is 7.88. The molecule has 3 heterocycles. The van der Waals surface area contributed by atoms with Crippen LogP contribution in [0.2, 0.25) is 0 Å². The van der Waals surface area contributed by atoms with Crippen LogP contribution in [0.25, 0.3) is 0 Å². The van der Waals surface area contributed by atoms with E-state index in [2.05, 4.69) is 14.9 Å². The van der Waals surface area contributed by atoms with Crippen LogP contribution in [-0.4, -0.2) is 59.5 Å². The number of rotatable bonds is 3. The molecule has 0 aromatic carbocycles. The van der Waals surface area contributed by atoms with Gasteiger partial charge in [0.2, 0.25) is 10.0 Å². The van der Waals surface area contributed by atoms with Crippen LogP contribution in [0.1, 0.15) is 31.4 Å². The first-order valence-electron chi connectivity index (χ1n) is 7.70. The first-order valence-corrected chi connectivity index (χ1v) is 9.55. The standard InChI is InChI=1S/C14H24N4O2S/c1-21(19,20)18-6-3-2-4-12-9-17(7-5-14(12)18)10-13-8-15-11-16-13/h8,11-12,14H,2-7,9-10H2,1H3,(H,15,16)/t12-,14+/m0/s1. The zero-order valence-electron chi connectivity index (χ0n) is 12.5. The number of fused-ring (bicyclic) bond motifs is 1. The lowest BCUT2D eigenvalue weighted by Gasteiger charge is -2.41. The largest absolute Gasteiger partial charge is 0.347 e. The fraction of sp³-hybridized carbons (Fsp3) is 0.786. The van der Waals surface area contributed by atoms with Crippen LogP contribution in [0.5, 0.6) is 0 Å². The first kappa shape index (κ1) is 15.0. The highest BCUT2D eigenvalue weighted by atomic mass is 32.2. The number of hydrogen-bond acceptors (Lipinski definition) is 4. The number of aromatic amines is 1. The van der Waals surface area contributed by atoms with Gasteiger partial charge in [-0.15, -0.1) is 0 Å². The van der Waals surface area contributed by atoms with Crippen molar-refractivity contribution in [1.82, 2.24) is 19.2 Å². The minimum atomic E-state index is -3.09. The number of H-pyrrole nitrogens is 1. The van der Waals surface area contributed by atoms with Gasteiger partial charge in [0.1, 0.15) is 0 Å². The van der Waals surface area contributed by atoms with E-state index < -0.39 is 10.0 Å². The molecule has 0 aliphatic carbocycles. The topological polar surface area (TPSA) is 69.3 Å². The number of hydrogen-bond donors (Lipinski definition) is 1. The number of aromatic nitrogens is 2. The van der Waals surface area contributed by atoms with E-state index in [4.69, 9.17) is 0 Å². The van der Waals surface area contributed by atoms with Crippen LogP contribution < -0.4 is 0 Å². The van der Waals surface area contributed by atoms with Crippen LogP contribution in [0.15, 0.2) is 12.5 Å². The van der Waals surface area contributed by atoms with E-state index in [1.165, 1.54) is 6.26 Å². The molecule has 6 nitrogen and oxygen atoms in total. The van der Waals surface area contributed by atoms with E-state index in [0.29, 0.717) is 12.5 Å². The maximum Gasteiger partial charge on any atom is 0.211 e. The summed E-state index contributed by atoms with van der Waals surface area (Å²) >= 11 is 0. The number of nitrogens with zero attached hydrogens (tertiary/aromatic N) is 3. The summed E-state index contributed by atoms with van der Waals surface area (Å²) in [6.45, 7) is 3.50. The van der Waals surface area contributed by atoms with Crippen molar-refractivity contribution in [3.63, 3.8) is 0 Å². The van der Waals surface area contributed by atoms with Crippen LogP contribution in [0, 0.1) is 5.92 Å². The Morgan fingerprint density at radius 3 is 2.90 bits per heavy atom. The van der Waals surface area contributed by atoms with Crippen LogP contribution in [0.3, 0.4) is 0 Å². The minimum Gasteiger partial charge on any atom is -0.347 e. The van der Waals surface area contributed by atoms with Crippen molar-refractivity contribution < 1.29 is 8.42 Å². The molecule has 2 saturated heterocycles. The molecule has 0 bridgehead atoms. The van der Waals surface area contributed by atoms with Gasteiger partial charge < -0.3 is 4.98 Å². The average Bonchev–Trinajstić information content (AvgIpc) is 2.82. The maximum absolute atomic E-state index is 12.0. The van der Waals surface area contributed by atoms with Crippen molar-refractivity contribution in [2.45, 2.75) is 38.3 Å². The van der Waals surface area contributed by atoms with E-state index in [0.717, 1.165) is 51.0 Å². The number of imidazole rings is 1. The monoisotopic (exact) mass is 312 g/mol. The Bertz CT molecular complexity index is 558. The summed E-state index contributed by atoms with van der Waals surface area (Å²) in [4.78, 5) is 9.62. The van der Waals surface area contributed by atoms with Gasteiger partial charge in [-0.05, 0) is 25.2 Å². The Morgan fingerprint density at radius 2 is 2.19 bits per heavy atom. The zero-order chi connectivity index (χ0) is 14.9. The molecular formula is C14H24N4O2S. The average molecular weight is 312 g/mol. The van der Waals surface area contributed by atoms with E-state index in [-0.39, 0.29) is 6.04 Å². The Hall–Kier alpha value is -0.920. The van der Waals surface area contributed by atoms with Crippen molar-refractivity contribution in [2.75, 3.05) is 25.9 Å². The van der Waals surface area contributed by atoms with Gasteiger partial charge in [-0.2, -0.15) is 4.31 Å². The third kappa shape index (κ3) is 3.46. The van der Waals surface area contributed by atoms with Gasteiger partial charge in [-0.3, -0.25) is 4.90 Å². The van der Waals surface area contributed by atoms with Crippen LogP contribution in [-0.2, 0) is 16.6 Å². The fourth-order valence-electron chi connectivity index (χ4n) is 3.77. The SMILES string of the molecule is CS(=O)(=O)N1CCCC[C@H]2CN(Cc3cnc[nH]3)CC[C@H]21. The molecule has 0 spiro atoms. The highest BCUT2D eigenvalue weighted by Crippen LogP contribution is 2.31. The Morgan fingerprint density at radius 1 is 1.33 bits per heavy atom. The molecule has 21 heavy (non-hydrogen) atoms. The molecule has 0 amide bonds. The van der Waals surface area contributed by atoms with Crippen LogP contribution >= 0.6 is 0 Å². The molecule has 2 aliphatic rings. The molecule has 0 saturated carbocycles. The Balaban J connectivity index is 1.70. The highest BCUT2D eigenvalue weighted by Gasteiger charge is 2.38. The number of nitrogens with one attached hydrogen (secondary N) is 1. The van der Waals surface area contributed by atoms with E-state index in [1.54, 1.807) is 10.6 Å². The van der Waals surface area contributed by atoms with Crippen molar-refractivity contribution in [3.8, 4) is 0 Å². The quantitative estimate of drug-likeness (QED) is 0.905. The van der Waals surface area contributed by atoms with Gasteiger partial charge in [0.25, 0.3) is 0 Å². The normalized spacial score (nSPS) is 29.0. The lowest BCUT2D eigenvalue weighted by atomic mass is 9.89. The van der Waals surface area contributed by atoms with Crippen molar-refractivity contribution >= 4 is 10.0 Å². The van der Waals surface area contributed by atoms with E-state index in [1.807, 2.05) is 6.20 Å². The van der Waals surface area contributed by atoms with Crippen LogP contribution in [0.4, 0.5) is 0 Å². The van der Waals surface area contributed by atoms with Gasteiger partial charge in [-0.1, -0.05) is 6.42 Å². The molecule has 118 valence electrons. The number of likely N-dealkylation sites (tertiary alicyclic amines) is 1. The third-order valence-electron chi connectivity index (χ3n) is 4.73. The number of piperidine rings is 1. The molecule has 1 N–H and O–H groups in total. The molecule has 1 aromatic rings. The lowest BCUT2D eigenvalue weighted by Crippen LogP contribution is -2.51. The van der Waals surface area contributed by atoms with Crippen molar-refractivity contribution in [1.29, 1.82) is 0 Å². The van der Waals surface area contributed by atoms with Crippen molar-refractivity contribution in [3.05, 3.63) is 18.2 Å². The first-order chi connectivity index (χ1) is 10.0. The second-order valence-electron chi connectivity index (χ2n) is 6.30. The predicted molar refractivity (Wildman–Crippen MR) is 81.2 cm³/mol. The Kier molecular flexibility index (Phi) is 4.33. The zero-order valence-corrected chi connectivity index (χ0v) is 13.3. The summed E-state index contributed by atoms with van der Waals surface area (Å²) in [5.41, 5.74) is 1.13. The molecule has 2 atom stereocenters. The van der Waals surface area contributed by atoms with Gasteiger partial charge in [0, 0.05) is 44.1 Å². The molecule has 7 heteroatoms. The molecular weight excluding hydrogens is 288 g/mol.